The van der Waals surface area contributed by atoms with E-state index < -0.39 is 32.5 Å². The molecule has 0 saturated carbocycles. The first-order valence-corrected chi connectivity index (χ1v) is 23.8. The largest absolute Gasteiger partial charge is 0.756 e. The predicted molar refractivity (Wildman–Crippen MR) is 240 cm³/mol. The minimum Gasteiger partial charge on any atom is -0.756 e. The van der Waals surface area contributed by atoms with Gasteiger partial charge in [-0.25, -0.2) is 0 Å². The van der Waals surface area contributed by atoms with Crippen LogP contribution >= 0.6 is 7.82 Å². The Morgan fingerprint density at radius 2 is 0.983 bits per heavy atom. The lowest BCUT2D eigenvalue weighted by molar-refractivity contribution is -0.870. The number of nitrogens with zero attached hydrogens (tertiary/aromatic N) is 1. The van der Waals surface area contributed by atoms with Crippen molar-refractivity contribution in [1.82, 2.24) is 0 Å². The number of ether oxygens (including phenoxy) is 2. The average molecular weight is 832 g/mol. The number of phosphoric ester groups is 1. The highest BCUT2D eigenvalue weighted by Crippen LogP contribution is 2.38. The van der Waals surface area contributed by atoms with Crippen LogP contribution in [0.15, 0.2) is 85.1 Å². The van der Waals surface area contributed by atoms with E-state index in [1.165, 1.54) is 32.1 Å². The van der Waals surface area contributed by atoms with Crippen molar-refractivity contribution in [2.75, 3.05) is 47.5 Å². The van der Waals surface area contributed by atoms with E-state index in [-0.39, 0.29) is 26.1 Å². The number of hydrogen-bond acceptors (Lipinski definition) is 8. The van der Waals surface area contributed by atoms with Crippen LogP contribution in [-0.4, -0.2) is 70.0 Å². The molecule has 2 atom stereocenters. The Morgan fingerprint density at radius 3 is 1.52 bits per heavy atom. The van der Waals surface area contributed by atoms with E-state index in [0.717, 1.165) is 83.5 Å². The van der Waals surface area contributed by atoms with Crippen LogP contribution in [0.25, 0.3) is 0 Å². The smallest absolute Gasteiger partial charge is 0.306 e. The first kappa shape index (κ1) is 55.2. The van der Waals surface area contributed by atoms with E-state index >= 15 is 0 Å². The molecule has 0 heterocycles. The second-order valence-electron chi connectivity index (χ2n) is 15.7. The van der Waals surface area contributed by atoms with E-state index in [1.807, 2.05) is 21.1 Å². The molecule has 0 radical (unpaired) electrons. The molecule has 0 aromatic carbocycles. The summed E-state index contributed by atoms with van der Waals surface area (Å²) >= 11 is 0. The highest BCUT2D eigenvalue weighted by molar-refractivity contribution is 7.45. The second kappa shape index (κ2) is 39.6. The summed E-state index contributed by atoms with van der Waals surface area (Å²) in [5.74, 6) is -0.904. The molecule has 0 aromatic rings. The Hall–Kier alpha value is -2.81. The van der Waals surface area contributed by atoms with E-state index in [1.54, 1.807) is 0 Å². The quantitative estimate of drug-likeness (QED) is 0.0198. The van der Waals surface area contributed by atoms with E-state index in [9.17, 15) is 19.0 Å². The predicted octanol–water partition coefficient (Wildman–Crippen LogP) is 12.2. The number of likely N-dealkylation sites (N-methyl/N-ethyl adjacent to an activating group) is 1. The SMILES string of the molecule is CC/C=C\C/C=C\C/C=C\C/C=C\C/C=C\C/C=C\CCCCC(=O)OC(COC(=O)CCCCCCC/C=C\CCCCCC)COP(=O)([O-])OCC[N+](C)(C)C. The van der Waals surface area contributed by atoms with Gasteiger partial charge in [-0.2, -0.15) is 0 Å². The van der Waals surface area contributed by atoms with E-state index in [4.69, 9.17) is 18.5 Å². The zero-order valence-electron chi connectivity index (χ0n) is 37.2. The third-order valence-electron chi connectivity index (χ3n) is 8.90. The molecule has 0 bridgehead atoms. The van der Waals surface area contributed by atoms with Crippen LogP contribution < -0.4 is 4.89 Å². The summed E-state index contributed by atoms with van der Waals surface area (Å²) in [6.45, 7) is 4.01. The summed E-state index contributed by atoms with van der Waals surface area (Å²) in [7, 11) is 1.12. The lowest BCUT2D eigenvalue weighted by atomic mass is 10.1. The first-order valence-electron chi connectivity index (χ1n) is 22.3. The highest BCUT2D eigenvalue weighted by Gasteiger charge is 2.21. The number of quaternary nitrogens is 1. The molecule has 9 nitrogen and oxygen atoms in total. The molecular formula is C48H82NO8P. The van der Waals surface area contributed by atoms with Gasteiger partial charge in [0, 0.05) is 12.8 Å². The van der Waals surface area contributed by atoms with Crippen molar-refractivity contribution in [3.8, 4) is 0 Å². The molecule has 2 unspecified atom stereocenters. The molecule has 332 valence electrons. The van der Waals surface area contributed by atoms with Crippen LogP contribution in [0.1, 0.15) is 155 Å². The van der Waals surface area contributed by atoms with Crippen molar-refractivity contribution >= 4 is 19.8 Å². The van der Waals surface area contributed by atoms with E-state index in [0.29, 0.717) is 23.9 Å². The molecule has 0 saturated heterocycles. The van der Waals surface area contributed by atoms with Crippen LogP contribution in [0, 0.1) is 0 Å². The average Bonchev–Trinajstić information content (AvgIpc) is 3.17. The van der Waals surface area contributed by atoms with Gasteiger partial charge in [-0.15, -0.1) is 0 Å². The molecule has 0 rings (SSSR count). The number of allylic oxidation sites excluding steroid dienone is 14. The topological polar surface area (TPSA) is 111 Å². The summed E-state index contributed by atoms with van der Waals surface area (Å²) in [6, 6.07) is 0. The molecule has 0 amide bonds. The van der Waals surface area contributed by atoms with Gasteiger partial charge < -0.3 is 27.9 Å². The Labute approximate surface area is 354 Å². The Morgan fingerprint density at radius 1 is 0.552 bits per heavy atom. The van der Waals surface area contributed by atoms with Gasteiger partial charge in [-0.3, -0.25) is 14.2 Å². The summed E-state index contributed by atoms with van der Waals surface area (Å²) in [5.41, 5.74) is 0. The molecule has 0 fully saturated rings. The fourth-order valence-corrected chi connectivity index (χ4v) is 6.14. The maximum absolute atomic E-state index is 12.7. The Kier molecular flexibility index (Phi) is 37.7. The molecule has 0 aliphatic carbocycles. The van der Waals surface area contributed by atoms with Gasteiger partial charge in [-0.1, -0.05) is 137 Å². The van der Waals surface area contributed by atoms with Crippen molar-refractivity contribution in [3.63, 3.8) is 0 Å². The van der Waals surface area contributed by atoms with Gasteiger partial charge in [0.15, 0.2) is 6.10 Å². The minimum absolute atomic E-state index is 0.0453. The van der Waals surface area contributed by atoms with Gasteiger partial charge in [0.05, 0.1) is 27.7 Å². The molecule has 0 spiro atoms. The van der Waals surface area contributed by atoms with Crippen molar-refractivity contribution in [2.45, 2.75) is 161 Å². The van der Waals surface area contributed by atoms with Crippen LogP contribution in [-0.2, 0) is 32.7 Å². The number of carbonyl (C=O) groups is 2. The second-order valence-corrected chi connectivity index (χ2v) is 17.1. The monoisotopic (exact) mass is 832 g/mol. The third kappa shape index (κ3) is 42.8. The van der Waals surface area contributed by atoms with Crippen molar-refractivity contribution in [1.29, 1.82) is 0 Å². The molecular weight excluding hydrogens is 750 g/mol. The van der Waals surface area contributed by atoms with Gasteiger partial charge >= 0.3 is 11.9 Å². The normalized spacial score (nSPS) is 14.4. The highest BCUT2D eigenvalue weighted by atomic mass is 31.2. The molecule has 10 heteroatoms. The zero-order valence-corrected chi connectivity index (χ0v) is 38.1. The first-order chi connectivity index (χ1) is 28.0. The standard InChI is InChI=1S/C48H82NO8P/c1-6-8-10-12-14-16-18-20-21-22-23-24-25-26-27-29-31-33-35-37-39-41-48(51)57-46(45-56-58(52,53)55-43-42-49(3,4)5)44-54-47(50)40-38-36-34-32-30-28-19-17-15-13-11-9-7-2/h8,10,14,16-17,19-21,23-24,26-27,31,33,46H,6-7,9,11-13,15,18,22,25,28-30,32,34-45H2,1-5H3/b10-8-,16-14-,19-17-,21-20-,24-23-,27-26-,33-31-. The molecule has 0 aliphatic rings. The van der Waals surface area contributed by atoms with E-state index in [2.05, 4.69) is 98.9 Å². The van der Waals surface area contributed by atoms with Crippen LogP contribution in [0.4, 0.5) is 0 Å². The van der Waals surface area contributed by atoms with Gasteiger partial charge in [-0.05, 0) is 89.9 Å². The fraction of sp³-hybridized carbons (Fsp3) is 0.667. The summed E-state index contributed by atoms with van der Waals surface area (Å²) in [4.78, 5) is 37.5. The molecule has 0 N–H and O–H groups in total. The third-order valence-corrected chi connectivity index (χ3v) is 9.86. The molecule has 0 aromatic heterocycles. The van der Waals surface area contributed by atoms with Crippen molar-refractivity contribution < 1.29 is 42.1 Å². The Bertz CT molecular complexity index is 1260. The number of esters is 2. The van der Waals surface area contributed by atoms with Gasteiger partial charge in [0.1, 0.15) is 19.8 Å². The maximum Gasteiger partial charge on any atom is 0.306 e. The molecule has 0 aliphatic heterocycles. The lowest BCUT2D eigenvalue weighted by Gasteiger charge is -2.28. The van der Waals surface area contributed by atoms with Crippen molar-refractivity contribution in [2.24, 2.45) is 0 Å². The summed E-state index contributed by atoms with van der Waals surface area (Å²) < 4.78 is 33.8. The lowest BCUT2D eigenvalue weighted by Crippen LogP contribution is -2.37. The van der Waals surface area contributed by atoms with Crippen molar-refractivity contribution in [3.05, 3.63) is 85.1 Å². The summed E-state index contributed by atoms with van der Waals surface area (Å²) in [6.07, 6.45) is 50.4. The van der Waals surface area contributed by atoms with Crippen LogP contribution in [0.5, 0.6) is 0 Å². The fourth-order valence-electron chi connectivity index (χ4n) is 5.41. The van der Waals surface area contributed by atoms with Gasteiger partial charge in [0.25, 0.3) is 7.82 Å². The number of unbranched alkanes of at least 4 members (excludes halogenated alkanes) is 11. The minimum atomic E-state index is -4.64. The number of carbonyl (C=O) groups excluding carboxylic acids is 2. The molecule has 58 heavy (non-hydrogen) atoms. The Balaban J connectivity index is 4.47. The van der Waals surface area contributed by atoms with Gasteiger partial charge in [0.2, 0.25) is 0 Å². The number of hydrogen-bond donors (Lipinski definition) is 0. The zero-order chi connectivity index (χ0) is 42.8. The summed E-state index contributed by atoms with van der Waals surface area (Å²) in [5, 5.41) is 0. The van der Waals surface area contributed by atoms with Crippen LogP contribution in [0.3, 0.4) is 0 Å². The maximum atomic E-state index is 12.7. The van der Waals surface area contributed by atoms with Crippen LogP contribution in [0.2, 0.25) is 0 Å². The number of rotatable bonds is 39. The number of phosphoric acid groups is 1.